The van der Waals surface area contributed by atoms with Crippen LogP contribution in [0.1, 0.15) is 25.7 Å². The van der Waals surface area contributed by atoms with E-state index in [4.69, 9.17) is 4.74 Å². The molecule has 2 amide bonds. The van der Waals surface area contributed by atoms with Crippen LogP contribution in [0.2, 0.25) is 0 Å². The molecular weight excluding hydrogens is 248 g/mol. The first-order valence-electron chi connectivity index (χ1n) is 7.06. The summed E-state index contributed by atoms with van der Waals surface area (Å²) in [6, 6.07) is 0.0451. The Labute approximate surface area is 112 Å². The molecule has 0 saturated carbocycles. The number of amides is 2. The third-order valence-corrected chi connectivity index (χ3v) is 4.57. The van der Waals surface area contributed by atoms with Gasteiger partial charge < -0.3 is 19.6 Å². The van der Waals surface area contributed by atoms with Gasteiger partial charge in [-0.15, -0.1) is 0 Å². The van der Waals surface area contributed by atoms with Crippen LogP contribution in [-0.2, 0) is 9.53 Å². The molecule has 0 spiro atoms. The number of carbonyl (C=O) groups excluding carboxylic acids is 1. The topological polar surface area (TPSA) is 70.1 Å². The van der Waals surface area contributed by atoms with E-state index >= 15 is 0 Å². The van der Waals surface area contributed by atoms with Gasteiger partial charge in [-0.05, 0) is 25.7 Å². The Balaban J connectivity index is 1.71. The third-order valence-electron chi connectivity index (χ3n) is 4.57. The molecule has 3 rings (SSSR count). The van der Waals surface area contributed by atoms with Gasteiger partial charge in [-0.2, -0.15) is 0 Å². The Morgan fingerprint density at radius 2 is 2.00 bits per heavy atom. The molecule has 19 heavy (non-hydrogen) atoms. The fraction of sp³-hybridized carbons (Fsp3) is 0.846. The number of fused-ring (bicyclic) bond motifs is 2. The fourth-order valence-corrected chi connectivity index (χ4v) is 3.65. The summed E-state index contributed by atoms with van der Waals surface area (Å²) in [5.41, 5.74) is 0. The van der Waals surface area contributed by atoms with E-state index in [0.29, 0.717) is 32.7 Å². The molecule has 0 aromatic heterocycles. The Morgan fingerprint density at radius 3 is 2.74 bits per heavy atom. The lowest BCUT2D eigenvalue weighted by Gasteiger charge is -2.30. The lowest BCUT2D eigenvalue weighted by molar-refractivity contribution is -0.142. The Hall–Kier alpha value is -1.30. The quantitative estimate of drug-likeness (QED) is 0.762. The fourth-order valence-electron chi connectivity index (χ4n) is 3.65. The van der Waals surface area contributed by atoms with Gasteiger partial charge in [0.1, 0.15) is 0 Å². The molecule has 6 nitrogen and oxygen atoms in total. The van der Waals surface area contributed by atoms with Gasteiger partial charge in [0.05, 0.1) is 12.5 Å². The first-order chi connectivity index (χ1) is 9.18. The Morgan fingerprint density at radius 1 is 1.16 bits per heavy atom. The van der Waals surface area contributed by atoms with E-state index in [1.165, 1.54) is 0 Å². The van der Waals surface area contributed by atoms with Gasteiger partial charge in [-0.3, -0.25) is 4.79 Å². The predicted octanol–water partition coefficient (Wildman–Crippen LogP) is 0.766. The third kappa shape index (κ3) is 2.18. The van der Waals surface area contributed by atoms with E-state index in [9.17, 15) is 14.7 Å². The highest BCUT2D eigenvalue weighted by molar-refractivity contribution is 5.79. The van der Waals surface area contributed by atoms with Crippen molar-refractivity contribution in [2.75, 3.05) is 26.3 Å². The SMILES string of the molecule is O=C(O)C1CC2CCC1N2C(=O)N1CCCOCC1. The number of aliphatic carboxylic acids is 1. The lowest BCUT2D eigenvalue weighted by Crippen LogP contribution is -2.47. The molecule has 3 unspecified atom stereocenters. The minimum atomic E-state index is -0.760. The number of hydrogen-bond donors (Lipinski definition) is 1. The van der Waals surface area contributed by atoms with E-state index in [0.717, 1.165) is 19.3 Å². The number of carboxylic acids is 1. The molecule has 3 atom stereocenters. The number of rotatable bonds is 1. The molecule has 0 radical (unpaired) electrons. The van der Waals surface area contributed by atoms with Crippen molar-refractivity contribution in [1.82, 2.24) is 9.80 Å². The van der Waals surface area contributed by atoms with Gasteiger partial charge in [0, 0.05) is 31.8 Å². The summed E-state index contributed by atoms with van der Waals surface area (Å²) in [5.74, 6) is -1.13. The second-order valence-corrected chi connectivity index (χ2v) is 5.62. The van der Waals surface area contributed by atoms with Crippen LogP contribution in [0.5, 0.6) is 0 Å². The van der Waals surface area contributed by atoms with Crippen molar-refractivity contribution in [3.63, 3.8) is 0 Å². The van der Waals surface area contributed by atoms with Crippen LogP contribution in [0.3, 0.4) is 0 Å². The number of carboxylic acid groups (broad SMARTS) is 1. The van der Waals surface area contributed by atoms with Crippen molar-refractivity contribution < 1.29 is 19.4 Å². The molecule has 2 bridgehead atoms. The second kappa shape index (κ2) is 5.00. The minimum Gasteiger partial charge on any atom is -0.481 e. The number of urea groups is 1. The highest BCUT2D eigenvalue weighted by atomic mass is 16.5. The van der Waals surface area contributed by atoms with Crippen LogP contribution in [0.25, 0.3) is 0 Å². The summed E-state index contributed by atoms with van der Waals surface area (Å²) >= 11 is 0. The molecule has 106 valence electrons. The Kier molecular flexibility index (Phi) is 3.35. The zero-order valence-electron chi connectivity index (χ0n) is 11.0. The average Bonchev–Trinajstić information content (AvgIpc) is 2.84. The monoisotopic (exact) mass is 268 g/mol. The van der Waals surface area contributed by atoms with Gasteiger partial charge >= 0.3 is 12.0 Å². The van der Waals surface area contributed by atoms with Gasteiger partial charge in [0.15, 0.2) is 0 Å². The number of nitrogens with zero attached hydrogens (tertiary/aromatic N) is 2. The smallest absolute Gasteiger partial charge is 0.320 e. The zero-order valence-corrected chi connectivity index (χ0v) is 11.0. The molecule has 0 aromatic carbocycles. The summed E-state index contributed by atoms with van der Waals surface area (Å²) < 4.78 is 5.36. The number of hydrogen-bond acceptors (Lipinski definition) is 3. The van der Waals surface area contributed by atoms with Crippen LogP contribution in [0.15, 0.2) is 0 Å². The first-order valence-corrected chi connectivity index (χ1v) is 7.06. The molecule has 6 heteroatoms. The standard InChI is InChI=1S/C13H20N2O4/c16-12(17)10-8-9-2-3-11(10)15(9)13(18)14-4-1-6-19-7-5-14/h9-11H,1-8H2,(H,16,17). The summed E-state index contributed by atoms with van der Waals surface area (Å²) in [4.78, 5) is 27.5. The molecule has 1 N–H and O–H groups in total. The Bertz CT molecular complexity index is 379. The molecule has 3 aliphatic heterocycles. The number of carbonyl (C=O) groups is 2. The maximum absolute atomic E-state index is 12.6. The summed E-state index contributed by atoms with van der Waals surface area (Å²) in [6.45, 7) is 2.62. The first kappa shape index (κ1) is 12.7. The molecule has 0 aliphatic carbocycles. The second-order valence-electron chi connectivity index (χ2n) is 5.62. The normalized spacial score (nSPS) is 34.4. The largest absolute Gasteiger partial charge is 0.481 e. The van der Waals surface area contributed by atoms with Gasteiger partial charge in [0.2, 0.25) is 0 Å². The van der Waals surface area contributed by atoms with Crippen molar-refractivity contribution in [2.45, 2.75) is 37.8 Å². The van der Waals surface area contributed by atoms with Gasteiger partial charge in [-0.1, -0.05) is 0 Å². The van der Waals surface area contributed by atoms with E-state index < -0.39 is 5.97 Å². The zero-order chi connectivity index (χ0) is 13.4. The van der Waals surface area contributed by atoms with Crippen molar-refractivity contribution in [1.29, 1.82) is 0 Å². The van der Waals surface area contributed by atoms with Crippen LogP contribution < -0.4 is 0 Å². The van der Waals surface area contributed by atoms with Crippen LogP contribution in [0.4, 0.5) is 4.79 Å². The highest BCUT2D eigenvalue weighted by Gasteiger charge is 2.52. The molecule has 3 aliphatic rings. The molecule has 3 heterocycles. The van der Waals surface area contributed by atoms with Gasteiger partial charge in [-0.25, -0.2) is 4.79 Å². The summed E-state index contributed by atoms with van der Waals surface area (Å²) in [5, 5.41) is 9.22. The molecule has 0 aromatic rings. The minimum absolute atomic E-state index is 0.0155. The van der Waals surface area contributed by atoms with Crippen molar-refractivity contribution in [2.24, 2.45) is 5.92 Å². The molecule has 3 fully saturated rings. The maximum Gasteiger partial charge on any atom is 0.320 e. The van der Waals surface area contributed by atoms with Crippen LogP contribution in [0, 0.1) is 5.92 Å². The van der Waals surface area contributed by atoms with E-state index in [-0.39, 0.29) is 24.0 Å². The average molecular weight is 268 g/mol. The van der Waals surface area contributed by atoms with Crippen molar-refractivity contribution in [3.8, 4) is 0 Å². The van der Waals surface area contributed by atoms with Crippen molar-refractivity contribution >= 4 is 12.0 Å². The van der Waals surface area contributed by atoms with Crippen LogP contribution >= 0.6 is 0 Å². The van der Waals surface area contributed by atoms with E-state index in [1.807, 2.05) is 9.80 Å². The van der Waals surface area contributed by atoms with E-state index in [1.54, 1.807) is 0 Å². The van der Waals surface area contributed by atoms with Gasteiger partial charge in [0.25, 0.3) is 0 Å². The lowest BCUT2D eigenvalue weighted by atomic mass is 9.89. The predicted molar refractivity (Wildman–Crippen MR) is 66.8 cm³/mol. The van der Waals surface area contributed by atoms with E-state index in [2.05, 4.69) is 0 Å². The number of ether oxygens (including phenoxy) is 1. The molecular formula is C13H20N2O4. The molecule has 3 saturated heterocycles. The summed E-state index contributed by atoms with van der Waals surface area (Å²) in [7, 11) is 0. The summed E-state index contributed by atoms with van der Waals surface area (Å²) in [6.07, 6.45) is 3.26. The van der Waals surface area contributed by atoms with Crippen LogP contribution in [-0.4, -0.2) is 65.3 Å². The maximum atomic E-state index is 12.6. The highest BCUT2D eigenvalue weighted by Crippen LogP contribution is 2.42. The van der Waals surface area contributed by atoms with Crippen molar-refractivity contribution in [3.05, 3.63) is 0 Å².